The van der Waals surface area contributed by atoms with E-state index in [-0.39, 0.29) is 6.09 Å². The Balaban J connectivity index is 1.49. The highest BCUT2D eigenvalue weighted by Crippen LogP contribution is 2.29. The van der Waals surface area contributed by atoms with Crippen LogP contribution in [0.5, 0.6) is 0 Å². The zero-order chi connectivity index (χ0) is 18.6. The van der Waals surface area contributed by atoms with Gasteiger partial charge in [-0.25, -0.2) is 4.79 Å². The lowest BCUT2D eigenvalue weighted by Crippen LogP contribution is -2.39. The highest BCUT2D eigenvalue weighted by molar-refractivity contribution is 7.12. The second kappa shape index (κ2) is 8.23. The lowest BCUT2D eigenvalue weighted by atomic mass is 10.1. The van der Waals surface area contributed by atoms with Crippen LogP contribution in [0.15, 0.2) is 36.4 Å². The lowest BCUT2D eigenvalue weighted by molar-refractivity contribution is 0.0225. The van der Waals surface area contributed by atoms with Gasteiger partial charge in [0.25, 0.3) is 0 Å². The van der Waals surface area contributed by atoms with Crippen molar-refractivity contribution in [3.05, 3.63) is 57.3 Å². The summed E-state index contributed by atoms with van der Waals surface area (Å²) in [5.41, 5.74) is 2.19. The summed E-state index contributed by atoms with van der Waals surface area (Å²) in [6, 6.07) is 12.8. The minimum atomic E-state index is -0.445. The van der Waals surface area contributed by atoms with Gasteiger partial charge >= 0.3 is 6.09 Å². The third kappa shape index (κ3) is 5.32. The molecule has 1 amide bonds. The van der Waals surface area contributed by atoms with Gasteiger partial charge in [-0.3, -0.25) is 0 Å². The van der Waals surface area contributed by atoms with E-state index < -0.39 is 5.60 Å². The maximum atomic E-state index is 12.3. The first-order valence-electron chi connectivity index (χ1n) is 9.24. The normalized spacial score (nSPS) is 14.2. The van der Waals surface area contributed by atoms with E-state index in [1.54, 1.807) is 0 Å². The third-order valence-electron chi connectivity index (χ3n) is 4.30. The number of fused-ring (bicyclic) bond motifs is 1. The lowest BCUT2D eigenvalue weighted by Gasteiger charge is -2.29. The molecule has 3 rings (SSSR count). The first kappa shape index (κ1) is 18.9. The highest BCUT2D eigenvalue weighted by Gasteiger charge is 2.26. The van der Waals surface area contributed by atoms with Crippen molar-refractivity contribution in [2.45, 2.75) is 52.3 Å². The number of benzene rings is 1. The van der Waals surface area contributed by atoms with Crippen LogP contribution in [0.4, 0.5) is 4.79 Å². The highest BCUT2D eigenvalue weighted by atomic mass is 32.1. The van der Waals surface area contributed by atoms with Gasteiger partial charge in [0.2, 0.25) is 0 Å². The van der Waals surface area contributed by atoms with Crippen LogP contribution in [0, 0.1) is 0 Å². The van der Waals surface area contributed by atoms with E-state index >= 15 is 0 Å². The Bertz CT molecular complexity index is 734. The summed E-state index contributed by atoms with van der Waals surface area (Å²) in [4.78, 5) is 16.8. The topological polar surface area (TPSA) is 41.6 Å². The van der Waals surface area contributed by atoms with Crippen molar-refractivity contribution in [3.8, 4) is 0 Å². The van der Waals surface area contributed by atoms with E-state index in [1.807, 2.05) is 43.1 Å². The van der Waals surface area contributed by atoms with Crippen molar-refractivity contribution < 1.29 is 9.53 Å². The number of carbonyl (C=O) groups excluding carboxylic acids is 1. The first-order chi connectivity index (χ1) is 12.4. The monoisotopic (exact) mass is 372 g/mol. The number of amides is 1. The molecule has 0 spiro atoms. The molecule has 1 N–H and O–H groups in total. The molecular formula is C21H28N2O2S. The van der Waals surface area contributed by atoms with Crippen molar-refractivity contribution in [1.82, 2.24) is 10.2 Å². The number of thiophene rings is 1. The van der Waals surface area contributed by atoms with E-state index in [0.717, 1.165) is 32.5 Å². The Morgan fingerprint density at radius 1 is 1.27 bits per heavy atom. The fourth-order valence-corrected chi connectivity index (χ4v) is 4.19. The molecule has 0 fully saturated rings. The molecule has 1 aromatic carbocycles. The van der Waals surface area contributed by atoms with E-state index in [1.165, 1.54) is 20.9 Å². The predicted octanol–water partition coefficient (Wildman–Crippen LogP) is 4.37. The third-order valence-corrected chi connectivity index (χ3v) is 5.54. The average Bonchev–Trinajstić information content (AvgIpc) is 3.00. The molecule has 1 aromatic heterocycles. The molecule has 0 atom stereocenters. The van der Waals surface area contributed by atoms with Crippen molar-refractivity contribution >= 4 is 17.4 Å². The zero-order valence-electron chi connectivity index (χ0n) is 15.9. The zero-order valence-corrected chi connectivity index (χ0v) is 16.7. The summed E-state index contributed by atoms with van der Waals surface area (Å²) in [6.45, 7) is 8.97. The maximum absolute atomic E-state index is 12.3. The Hall–Kier alpha value is -1.85. The minimum Gasteiger partial charge on any atom is -0.444 e. The van der Waals surface area contributed by atoms with Gasteiger partial charge in [0.1, 0.15) is 5.60 Å². The maximum Gasteiger partial charge on any atom is 0.410 e. The van der Waals surface area contributed by atoms with Crippen molar-refractivity contribution in [2.75, 3.05) is 13.1 Å². The number of rotatable bonds is 5. The van der Waals surface area contributed by atoms with Crippen LogP contribution in [-0.4, -0.2) is 29.7 Å². The molecule has 1 aliphatic heterocycles. The van der Waals surface area contributed by atoms with Crippen LogP contribution < -0.4 is 5.32 Å². The van der Waals surface area contributed by atoms with Crippen LogP contribution >= 0.6 is 11.3 Å². The molecule has 0 saturated carbocycles. The minimum absolute atomic E-state index is 0.211. The fourth-order valence-electron chi connectivity index (χ4n) is 3.05. The number of ether oxygens (including phenoxy) is 1. The molecule has 26 heavy (non-hydrogen) atoms. The van der Waals surface area contributed by atoms with E-state index in [9.17, 15) is 4.79 Å². The quantitative estimate of drug-likeness (QED) is 0.792. The van der Waals surface area contributed by atoms with Gasteiger partial charge in [-0.1, -0.05) is 30.3 Å². The summed E-state index contributed by atoms with van der Waals surface area (Å²) < 4.78 is 5.50. The molecule has 2 heterocycles. The average molecular weight is 373 g/mol. The van der Waals surface area contributed by atoms with Gasteiger partial charge in [-0.05, 0) is 57.4 Å². The van der Waals surface area contributed by atoms with Crippen LogP contribution in [0.25, 0.3) is 0 Å². The Kier molecular flexibility index (Phi) is 5.99. The number of hydrogen-bond donors (Lipinski definition) is 1. The van der Waals surface area contributed by atoms with Gasteiger partial charge in [0, 0.05) is 22.8 Å². The summed E-state index contributed by atoms with van der Waals surface area (Å²) in [5, 5.41) is 3.53. The van der Waals surface area contributed by atoms with Gasteiger partial charge in [0.15, 0.2) is 0 Å². The van der Waals surface area contributed by atoms with Crippen LogP contribution in [0.1, 0.15) is 41.7 Å². The van der Waals surface area contributed by atoms with Crippen LogP contribution in [0.3, 0.4) is 0 Å². The molecule has 2 aromatic rings. The summed E-state index contributed by atoms with van der Waals surface area (Å²) in [5.74, 6) is 0. The SMILES string of the molecule is CC(C)(C)OC(=O)N1CCc2sc(CNCCc3ccccc3)cc2C1. The van der Waals surface area contributed by atoms with Crippen molar-refractivity contribution in [2.24, 2.45) is 0 Å². The Morgan fingerprint density at radius 2 is 2.04 bits per heavy atom. The van der Waals surface area contributed by atoms with E-state index in [4.69, 9.17) is 4.74 Å². The Labute approximate surface area is 160 Å². The predicted molar refractivity (Wildman–Crippen MR) is 107 cm³/mol. The van der Waals surface area contributed by atoms with Gasteiger partial charge in [-0.2, -0.15) is 0 Å². The second-order valence-electron chi connectivity index (χ2n) is 7.73. The molecule has 0 saturated heterocycles. The van der Waals surface area contributed by atoms with Crippen LogP contribution in [-0.2, 0) is 30.7 Å². The second-order valence-corrected chi connectivity index (χ2v) is 8.95. The van der Waals surface area contributed by atoms with Crippen LogP contribution in [0.2, 0.25) is 0 Å². The van der Waals surface area contributed by atoms with Gasteiger partial charge in [0.05, 0.1) is 6.54 Å². The van der Waals surface area contributed by atoms with E-state index in [0.29, 0.717) is 6.54 Å². The van der Waals surface area contributed by atoms with Crippen molar-refractivity contribution in [3.63, 3.8) is 0 Å². The summed E-state index contributed by atoms with van der Waals surface area (Å²) >= 11 is 1.87. The fraction of sp³-hybridized carbons (Fsp3) is 0.476. The molecule has 0 aliphatic carbocycles. The molecule has 1 aliphatic rings. The summed E-state index contributed by atoms with van der Waals surface area (Å²) in [7, 11) is 0. The smallest absolute Gasteiger partial charge is 0.410 e. The molecular weight excluding hydrogens is 344 g/mol. The molecule has 0 unspecified atom stereocenters. The number of carbonyl (C=O) groups is 1. The van der Waals surface area contributed by atoms with Gasteiger partial charge in [-0.15, -0.1) is 11.3 Å². The number of nitrogens with zero attached hydrogens (tertiary/aromatic N) is 1. The van der Waals surface area contributed by atoms with Crippen molar-refractivity contribution in [1.29, 1.82) is 0 Å². The standard InChI is InChI=1S/C21H28N2O2S/c1-21(2,3)25-20(24)23-12-10-19-17(15-23)13-18(26-19)14-22-11-9-16-7-5-4-6-8-16/h4-8,13,22H,9-12,14-15H2,1-3H3. The number of hydrogen-bond acceptors (Lipinski definition) is 4. The molecule has 0 radical (unpaired) electrons. The summed E-state index contributed by atoms with van der Waals surface area (Å²) in [6.07, 6.45) is 1.75. The van der Waals surface area contributed by atoms with Gasteiger partial charge < -0.3 is 15.0 Å². The molecule has 5 heteroatoms. The molecule has 4 nitrogen and oxygen atoms in total. The Morgan fingerprint density at radius 3 is 2.77 bits per heavy atom. The number of nitrogens with one attached hydrogen (secondary N) is 1. The largest absolute Gasteiger partial charge is 0.444 e. The molecule has 140 valence electrons. The molecule has 0 bridgehead atoms. The van der Waals surface area contributed by atoms with E-state index in [2.05, 4.69) is 35.6 Å². The first-order valence-corrected chi connectivity index (χ1v) is 10.1.